The van der Waals surface area contributed by atoms with Crippen molar-refractivity contribution in [2.75, 3.05) is 21.2 Å². The van der Waals surface area contributed by atoms with Crippen LogP contribution in [0, 0.1) is 0 Å². The smallest absolute Gasteiger partial charge is 0.146 e. The van der Waals surface area contributed by atoms with Gasteiger partial charge in [-0.2, -0.15) is 0 Å². The van der Waals surface area contributed by atoms with Crippen LogP contribution in [0.5, 0.6) is 5.75 Å². The predicted octanol–water partition coefficient (Wildman–Crippen LogP) is 2.26. The molecule has 4 nitrogen and oxygen atoms in total. The molecule has 0 amide bonds. The van der Waals surface area contributed by atoms with Gasteiger partial charge < -0.3 is 4.74 Å². The van der Waals surface area contributed by atoms with Crippen LogP contribution in [0.25, 0.3) is 0 Å². The molecule has 0 radical (unpaired) electrons. The first-order chi connectivity index (χ1) is 6.24. The number of rotatable bonds is 3. The molecular weight excluding hydrogens is 166 g/mol. The number of ether oxygens (including phenoxy) is 1. The summed E-state index contributed by atoms with van der Waals surface area (Å²) in [6.07, 6.45) is 0. The molecule has 0 aliphatic heterocycles. The normalized spacial score (nSPS) is 10.4. The molecule has 0 N–H and O–H groups in total. The summed E-state index contributed by atoms with van der Waals surface area (Å²) >= 11 is 0. The van der Waals surface area contributed by atoms with E-state index < -0.39 is 0 Å². The van der Waals surface area contributed by atoms with Gasteiger partial charge in [0.1, 0.15) is 11.4 Å². The number of nitrogens with zero attached hydrogens (tertiary/aromatic N) is 3. The van der Waals surface area contributed by atoms with Crippen molar-refractivity contribution in [3.63, 3.8) is 0 Å². The molecule has 13 heavy (non-hydrogen) atoms. The van der Waals surface area contributed by atoms with Gasteiger partial charge in [0.2, 0.25) is 0 Å². The third kappa shape index (κ3) is 2.74. The summed E-state index contributed by atoms with van der Waals surface area (Å²) in [4.78, 5) is 0. The molecule has 0 saturated carbocycles. The van der Waals surface area contributed by atoms with Crippen LogP contribution >= 0.6 is 0 Å². The fourth-order valence-corrected chi connectivity index (χ4v) is 0.850. The van der Waals surface area contributed by atoms with E-state index in [2.05, 4.69) is 10.3 Å². The Morgan fingerprint density at radius 3 is 2.54 bits per heavy atom. The Morgan fingerprint density at radius 2 is 1.92 bits per heavy atom. The standard InChI is InChI=1S/C9H13N3O/c1-12(2)11-10-8-6-4-5-7-9(8)13-3/h4-7H,1-3H3. The quantitative estimate of drug-likeness (QED) is 0.527. The van der Waals surface area contributed by atoms with Gasteiger partial charge in [-0.25, -0.2) is 0 Å². The summed E-state index contributed by atoms with van der Waals surface area (Å²) in [5, 5.41) is 9.52. The van der Waals surface area contributed by atoms with Crippen LogP contribution in [0.4, 0.5) is 5.69 Å². The van der Waals surface area contributed by atoms with Crippen LogP contribution in [0.1, 0.15) is 0 Å². The van der Waals surface area contributed by atoms with E-state index in [1.54, 1.807) is 12.1 Å². The summed E-state index contributed by atoms with van der Waals surface area (Å²) in [6.45, 7) is 0. The van der Waals surface area contributed by atoms with Gasteiger partial charge in [-0.1, -0.05) is 17.4 Å². The second-order valence-electron chi connectivity index (χ2n) is 2.71. The van der Waals surface area contributed by atoms with Gasteiger partial charge in [0.25, 0.3) is 0 Å². The highest BCUT2D eigenvalue weighted by Gasteiger charge is 1.98. The Bertz CT molecular complexity index is 297. The fourth-order valence-electron chi connectivity index (χ4n) is 0.850. The minimum atomic E-state index is 0.730. The highest BCUT2D eigenvalue weighted by Crippen LogP contribution is 2.26. The zero-order valence-electron chi connectivity index (χ0n) is 8.06. The lowest BCUT2D eigenvalue weighted by molar-refractivity contribution is 0.399. The molecule has 0 fully saturated rings. The van der Waals surface area contributed by atoms with Crippen molar-refractivity contribution in [2.24, 2.45) is 10.3 Å². The molecule has 1 aromatic rings. The van der Waals surface area contributed by atoms with Crippen LogP contribution < -0.4 is 4.74 Å². The van der Waals surface area contributed by atoms with Crippen LogP contribution in [0.2, 0.25) is 0 Å². The van der Waals surface area contributed by atoms with Gasteiger partial charge in [-0.3, -0.25) is 5.01 Å². The predicted molar refractivity (Wildman–Crippen MR) is 51.2 cm³/mol. The lowest BCUT2D eigenvalue weighted by Gasteiger charge is -2.03. The van der Waals surface area contributed by atoms with Crippen LogP contribution in [-0.4, -0.2) is 26.2 Å². The minimum absolute atomic E-state index is 0.730. The average Bonchev–Trinajstić information content (AvgIpc) is 2.15. The van der Waals surface area contributed by atoms with Gasteiger partial charge >= 0.3 is 0 Å². The first-order valence-corrected chi connectivity index (χ1v) is 3.96. The minimum Gasteiger partial charge on any atom is -0.494 e. The fraction of sp³-hybridized carbons (Fsp3) is 0.333. The van der Waals surface area contributed by atoms with E-state index in [0.717, 1.165) is 11.4 Å². The molecule has 0 aliphatic carbocycles. The molecule has 0 aliphatic rings. The summed E-state index contributed by atoms with van der Waals surface area (Å²) in [5.41, 5.74) is 0.735. The van der Waals surface area contributed by atoms with E-state index in [0.29, 0.717) is 0 Å². The Balaban J connectivity index is 2.87. The zero-order valence-corrected chi connectivity index (χ0v) is 8.06. The van der Waals surface area contributed by atoms with E-state index in [-0.39, 0.29) is 0 Å². The molecule has 0 aromatic heterocycles. The Morgan fingerprint density at radius 1 is 1.23 bits per heavy atom. The molecular formula is C9H13N3O. The van der Waals surface area contributed by atoms with Crippen molar-refractivity contribution in [3.8, 4) is 5.75 Å². The van der Waals surface area contributed by atoms with Gasteiger partial charge in [0.05, 0.1) is 7.11 Å². The highest BCUT2D eigenvalue weighted by molar-refractivity contribution is 5.50. The van der Waals surface area contributed by atoms with Crippen molar-refractivity contribution >= 4 is 5.69 Å². The first-order valence-electron chi connectivity index (χ1n) is 3.96. The Labute approximate surface area is 77.8 Å². The number of methoxy groups -OCH3 is 1. The number of para-hydroxylation sites is 1. The van der Waals surface area contributed by atoms with Crippen molar-refractivity contribution in [1.29, 1.82) is 0 Å². The average molecular weight is 179 g/mol. The molecule has 0 heterocycles. The zero-order chi connectivity index (χ0) is 9.68. The highest BCUT2D eigenvalue weighted by atomic mass is 16.5. The molecule has 0 unspecified atom stereocenters. The molecule has 0 saturated heterocycles. The van der Waals surface area contributed by atoms with Crippen molar-refractivity contribution in [3.05, 3.63) is 24.3 Å². The van der Waals surface area contributed by atoms with Gasteiger partial charge in [0, 0.05) is 14.1 Å². The van der Waals surface area contributed by atoms with E-state index in [9.17, 15) is 0 Å². The van der Waals surface area contributed by atoms with Crippen LogP contribution in [0.3, 0.4) is 0 Å². The number of hydrogen-bond acceptors (Lipinski definition) is 3. The lowest BCUT2D eigenvalue weighted by atomic mass is 10.3. The molecule has 0 spiro atoms. The maximum atomic E-state index is 5.11. The van der Waals surface area contributed by atoms with Crippen molar-refractivity contribution in [2.45, 2.75) is 0 Å². The van der Waals surface area contributed by atoms with Gasteiger partial charge in [-0.15, -0.1) is 5.11 Å². The first kappa shape index (κ1) is 9.51. The third-order valence-electron chi connectivity index (χ3n) is 1.42. The molecule has 4 heteroatoms. The van der Waals surface area contributed by atoms with E-state index in [1.165, 1.54) is 0 Å². The van der Waals surface area contributed by atoms with Gasteiger partial charge in [0.15, 0.2) is 0 Å². The SMILES string of the molecule is COc1ccccc1N=NN(C)C. The summed E-state index contributed by atoms with van der Waals surface area (Å²) in [7, 11) is 5.25. The molecule has 1 aromatic carbocycles. The summed E-state index contributed by atoms with van der Waals surface area (Å²) in [6, 6.07) is 7.50. The molecule has 70 valence electrons. The molecule has 1 rings (SSSR count). The summed E-state index contributed by atoms with van der Waals surface area (Å²) in [5.74, 6) is 0.730. The number of benzene rings is 1. The van der Waals surface area contributed by atoms with E-state index in [4.69, 9.17) is 4.74 Å². The van der Waals surface area contributed by atoms with Crippen LogP contribution in [0.15, 0.2) is 34.6 Å². The van der Waals surface area contributed by atoms with Crippen molar-refractivity contribution in [1.82, 2.24) is 5.01 Å². The van der Waals surface area contributed by atoms with Crippen LogP contribution in [-0.2, 0) is 0 Å². The van der Waals surface area contributed by atoms with E-state index in [1.807, 2.05) is 38.4 Å². The largest absolute Gasteiger partial charge is 0.494 e. The maximum Gasteiger partial charge on any atom is 0.146 e. The van der Waals surface area contributed by atoms with Crippen molar-refractivity contribution < 1.29 is 4.74 Å². The maximum absolute atomic E-state index is 5.11. The topological polar surface area (TPSA) is 37.2 Å². The second-order valence-corrected chi connectivity index (χ2v) is 2.71. The Kier molecular flexibility index (Phi) is 3.25. The third-order valence-corrected chi connectivity index (χ3v) is 1.42. The molecule has 0 bridgehead atoms. The summed E-state index contributed by atoms with van der Waals surface area (Å²) < 4.78 is 5.11. The Hall–Kier alpha value is -1.58. The van der Waals surface area contributed by atoms with Gasteiger partial charge in [-0.05, 0) is 12.1 Å². The lowest BCUT2D eigenvalue weighted by Crippen LogP contribution is -1.99. The molecule has 0 atom stereocenters. The number of hydrogen-bond donors (Lipinski definition) is 0. The van der Waals surface area contributed by atoms with E-state index >= 15 is 0 Å². The monoisotopic (exact) mass is 179 g/mol. The second kappa shape index (κ2) is 4.45.